The van der Waals surface area contributed by atoms with E-state index in [-0.39, 0.29) is 17.2 Å². The van der Waals surface area contributed by atoms with Crippen LogP contribution in [0.15, 0.2) is 24.3 Å². The van der Waals surface area contributed by atoms with E-state index in [0.717, 1.165) is 6.42 Å². The standard InChI is InChI=1S/C16H23NO2/c1-16(2,3)12-8-6-11(7-9-12)13-10-14(13)15(18)17(4)19-5/h6-9,13-14H,10H2,1-5H3. The van der Waals surface area contributed by atoms with E-state index < -0.39 is 0 Å². The third-order valence-corrected chi connectivity index (χ3v) is 3.90. The summed E-state index contributed by atoms with van der Waals surface area (Å²) in [6, 6.07) is 8.67. The molecule has 0 saturated heterocycles. The summed E-state index contributed by atoms with van der Waals surface area (Å²) >= 11 is 0. The quantitative estimate of drug-likeness (QED) is 0.782. The number of hydrogen-bond acceptors (Lipinski definition) is 2. The minimum Gasteiger partial charge on any atom is -0.275 e. The van der Waals surface area contributed by atoms with Gasteiger partial charge in [-0.3, -0.25) is 9.63 Å². The van der Waals surface area contributed by atoms with Crippen molar-refractivity contribution in [1.82, 2.24) is 5.06 Å². The second-order valence-corrected chi connectivity index (χ2v) is 6.34. The molecule has 0 bridgehead atoms. The highest BCUT2D eigenvalue weighted by Gasteiger charge is 2.45. The van der Waals surface area contributed by atoms with Crippen molar-refractivity contribution in [3.8, 4) is 0 Å². The highest BCUT2D eigenvalue weighted by Crippen LogP contribution is 2.48. The minimum absolute atomic E-state index is 0.0763. The molecule has 1 amide bonds. The summed E-state index contributed by atoms with van der Waals surface area (Å²) in [4.78, 5) is 16.9. The lowest BCUT2D eigenvalue weighted by molar-refractivity contribution is -0.170. The van der Waals surface area contributed by atoms with Crippen molar-refractivity contribution in [2.24, 2.45) is 5.92 Å². The Labute approximate surface area is 115 Å². The lowest BCUT2D eigenvalue weighted by Crippen LogP contribution is -2.27. The third kappa shape index (κ3) is 2.98. The number of hydroxylamine groups is 2. The average Bonchev–Trinajstić information content (AvgIpc) is 3.16. The predicted molar refractivity (Wildman–Crippen MR) is 75.8 cm³/mol. The van der Waals surface area contributed by atoms with Gasteiger partial charge in [-0.1, -0.05) is 45.0 Å². The highest BCUT2D eigenvalue weighted by atomic mass is 16.7. The molecule has 1 fully saturated rings. The summed E-state index contributed by atoms with van der Waals surface area (Å²) in [6.07, 6.45) is 0.932. The number of hydrogen-bond donors (Lipinski definition) is 0. The molecule has 0 aliphatic heterocycles. The van der Waals surface area contributed by atoms with Crippen LogP contribution in [0, 0.1) is 5.92 Å². The van der Waals surface area contributed by atoms with Crippen molar-refractivity contribution in [3.05, 3.63) is 35.4 Å². The number of carbonyl (C=O) groups excluding carboxylic acids is 1. The maximum atomic E-state index is 11.9. The second-order valence-electron chi connectivity index (χ2n) is 6.34. The molecule has 1 aliphatic rings. The zero-order valence-electron chi connectivity index (χ0n) is 12.4. The van der Waals surface area contributed by atoms with Gasteiger partial charge in [-0.2, -0.15) is 0 Å². The average molecular weight is 261 g/mol. The van der Waals surface area contributed by atoms with Crippen molar-refractivity contribution >= 4 is 5.91 Å². The summed E-state index contributed by atoms with van der Waals surface area (Å²) in [6.45, 7) is 6.62. The van der Waals surface area contributed by atoms with E-state index >= 15 is 0 Å². The molecule has 1 aromatic rings. The van der Waals surface area contributed by atoms with E-state index in [1.807, 2.05) is 0 Å². The molecular weight excluding hydrogens is 238 g/mol. The molecule has 2 unspecified atom stereocenters. The van der Waals surface area contributed by atoms with Crippen LogP contribution in [-0.2, 0) is 15.0 Å². The van der Waals surface area contributed by atoms with Crippen LogP contribution in [0.1, 0.15) is 44.2 Å². The zero-order chi connectivity index (χ0) is 14.2. The van der Waals surface area contributed by atoms with E-state index in [1.54, 1.807) is 7.05 Å². The lowest BCUT2D eigenvalue weighted by Gasteiger charge is -2.19. The molecule has 104 valence electrons. The molecule has 2 rings (SSSR count). The minimum atomic E-state index is 0.0763. The van der Waals surface area contributed by atoms with Gasteiger partial charge in [-0.15, -0.1) is 0 Å². The van der Waals surface area contributed by atoms with Crippen LogP contribution < -0.4 is 0 Å². The molecule has 0 spiro atoms. The van der Waals surface area contributed by atoms with Crippen LogP contribution in [0.25, 0.3) is 0 Å². The number of nitrogens with zero attached hydrogens (tertiary/aromatic N) is 1. The monoisotopic (exact) mass is 261 g/mol. The van der Waals surface area contributed by atoms with Gasteiger partial charge >= 0.3 is 0 Å². The SMILES string of the molecule is CON(C)C(=O)C1CC1c1ccc(C(C)(C)C)cc1. The molecule has 1 aliphatic carbocycles. The first-order chi connectivity index (χ1) is 8.84. The smallest absolute Gasteiger partial charge is 0.249 e. The van der Waals surface area contributed by atoms with Gasteiger partial charge in [0.2, 0.25) is 5.91 Å². The van der Waals surface area contributed by atoms with Crippen molar-refractivity contribution in [3.63, 3.8) is 0 Å². The van der Waals surface area contributed by atoms with Crippen molar-refractivity contribution in [1.29, 1.82) is 0 Å². The number of benzene rings is 1. The predicted octanol–water partition coefficient (Wildman–Crippen LogP) is 3.11. The maximum absolute atomic E-state index is 11.9. The molecule has 0 radical (unpaired) electrons. The Morgan fingerprint density at radius 3 is 2.32 bits per heavy atom. The number of carbonyl (C=O) groups is 1. The molecule has 1 saturated carbocycles. The van der Waals surface area contributed by atoms with Gasteiger partial charge in [0.1, 0.15) is 0 Å². The normalized spacial score (nSPS) is 22.2. The summed E-state index contributed by atoms with van der Waals surface area (Å²) in [5.41, 5.74) is 2.76. The summed E-state index contributed by atoms with van der Waals surface area (Å²) in [5, 5.41) is 1.33. The first-order valence-corrected chi connectivity index (χ1v) is 6.76. The molecule has 0 N–H and O–H groups in total. The van der Waals surface area contributed by atoms with Crippen molar-refractivity contribution in [2.45, 2.75) is 38.5 Å². The molecule has 3 heteroatoms. The van der Waals surface area contributed by atoms with Crippen LogP contribution >= 0.6 is 0 Å². The Morgan fingerprint density at radius 2 is 1.84 bits per heavy atom. The van der Waals surface area contributed by atoms with Gasteiger partial charge in [0, 0.05) is 13.0 Å². The summed E-state index contributed by atoms with van der Waals surface area (Å²) in [7, 11) is 3.19. The first-order valence-electron chi connectivity index (χ1n) is 6.76. The fraction of sp³-hybridized carbons (Fsp3) is 0.562. The van der Waals surface area contributed by atoms with E-state index in [1.165, 1.54) is 23.3 Å². The fourth-order valence-electron chi connectivity index (χ4n) is 2.39. The Balaban J connectivity index is 2.04. The van der Waals surface area contributed by atoms with Crippen LogP contribution in [0.4, 0.5) is 0 Å². The van der Waals surface area contributed by atoms with Crippen LogP contribution in [0.3, 0.4) is 0 Å². The van der Waals surface area contributed by atoms with E-state index in [9.17, 15) is 4.79 Å². The van der Waals surface area contributed by atoms with E-state index in [0.29, 0.717) is 5.92 Å². The Bertz CT molecular complexity index is 459. The topological polar surface area (TPSA) is 29.5 Å². The van der Waals surface area contributed by atoms with E-state index in [2.05, 4.69) is 45.0 Å². The van der Waals surface area contributed by atoms with Gasteiger partial charge in [0.25, 0.3) is 0 Å². The van der Waals surface area contributed by atoms with Gasteiger partial charge in [0.05, 0.1) is 7.11 Å². The van der Waals surface area contributed by atoms with Crippen molar-refractivity contribution in [2.75, 3.05) is 14.2 Å². The van der Waals surface area contributed by atoms with Crippen LogP contribution in [0.2, 0.25) is 0 Å². The van der Waals surface area contributed by atoms with Gasteiger partial charge in [-0.25, -0.2) is 5.06 Å². The Hall–Kier alpha value is -1.35. The highest BCUT2D eigenvalue weighted by molar-refractivity contribution is 5.81. The Morgan fingerprint density at radius 1 is 1.26 bits per heavy atom. The molecule has 1 aromatic carbocycles. The van der Waals surface area contributed by atoms with Crippen LogP contribution in [-0.4, -0.2) is 25.1 Å². The van der Waals surface area contributed by atoms with Gasteiger partial charge in [0.15, 0.2) is 0 Å². The van der Waals surface area contributed by atoms with E-state index in [4.69, 9.17) is 4.84 Å². The first kappa shape index (κ1) is 14.1. The zero-order valence-corrected chi connectivity index (χ0v) is 12.4. The van der Waals surface area contributed by atoms with Gasteiger partial charge < -0.3 is 0 Å². The fourth-order valence-corrected chi connectivity index (χ4v) is 2.39. The summed E-state index contributed by atoms with van der Waals surface area (Å²) < 4.78 is 0. The molecule has 0 heterocycles. The number of rotatable bonds is 3. The largest absolute Gasteiger partial charge is 0.275 e. The van der Waals surface area contributed by atoms with Crippen molar-refractivity contribution < 1.29 is 9.63 Å². The Kier molecular flexibility index (Phi) is 3.68. The third-order valence-electron chi connectivity index (χ3n) is 3.90. The molecular formula is C16H23NO2. The second kappa shape index (κ2) is 4.97. The molecule has 2 atom stereocenters. The van der Waals surface area contributed by atoms with Crippen LogP contribution in [0.5, 0.6) is 0 Å². The maximum Gasteiger partial charge on any atom is 0.249 e. The number of amides is 1. The summed E-state index contributed by atoms with van der Waals surface area (Å²) in [5.74, 6) is 0.525. The molecule has 0 aromatic heterocycles. The molecule has 3 nitrogen and oxygen atoms in total. The van der Waals surface area contributed by atoms with Gasteiger partial charge in [-0.05, 0) is 28.9 Å². The lowest BCUT2D eigenvalue weighted by atomic mass is 9.86. The molecule has 19 heavy (non-hydrogen) atoms.